The van der Waals surface area contributed by atoms with E-state index in [9.17, 15) is 24.6 Å². The summed E-state index contributed by atoms with van der Waals surface area (Å²) >= 11 is 0. The van der Waals surface area contributed by atoms with Gasteiger partial charge in [0.15, 0.2) is 18.0 Å². The fourth-order valence-corrected chi connectivity index (χ4v) is 3.93. The Bertz CT molecular complexity index is 2020. The molecule has 0 saturated heterocycles. The van der Waals surface area contributed by atoms with Gasteiger partial charge in [-0.15, -0.1) is 0 Å². The number of terminal acetylenes is 1. The fraction of sp³-hybridized carbons (Fsp3) is 0.0263. The highest BCUT2D eigenvalue weighted by atomic mass is 17.2. The van der Waals surface area contributed by atoms with E-state index in [-0.39, 0.29) is 51.9 Å². The quantitative estimate of drug-likeness (QED) is 0.0455. The molecule has 50 heavy (non-hydrogen) atoms. The zero-order valence-corrected chi connectivity index (χ0v) is 25.8. The molecule has 0 fully saturated rings. The number of phenols is 1. The molecule has 5 aromatic carbocycles. The van der Waals surface area contributed by atoms with E-state index in [4.69, 9.17) is 40.3 Å². The highest BCUT2D eigenvalue weighted by Crippen LogP contribution is 2.24. The molecule has 5 rings (SSSR count). The number of carboxylic acid groups (broad SMARTS) is 2. The van der Waals surface area contributed by atoms with Gasteiger partial charge in [-0.3, -0.25) is 0 Å². The van der Waals surface area contributed by atoms with Gasteiger partial charge in [0, 0.05) is 5.56 Å². The monoisotopic (exact) mass is 674 g/mol. The summed E-state index contributed by atoms with van der Waals surface area (Å²) in [6.45, 7) is -0.266. The molecule has 0 spiro atoms. The number of carbonyl (C=O) groups is 3. The Morgan fingerprint density at radius 2 is 1.12 bits per heavy atom. The summed E-state index contributed by atoms with van der Waals surface area (Å²) in [4.78, 5) is 46.3. The molecule has 0 atom stereocenters. The largest absolute Gasteiger partial charge is 0.508 e. The molecule has 0 unspecified atom stereocenters. The van der Waals surface area contributed by atoms with Crippen LogP contribution in [0.15, 0.2) is 121 Å². The summed E-state index contributed by atoms with van der Waals surface area (Å²) in [6, 6.07) is 31.0. The zero-order chi connectivity index (χ0) is 35.7. The summed E-state index contributed by atoms with van der Waals surface area (Å²) in [5, 5.41) is 27.5. The van der Waals surface area contributed by atoms with Gasteiger partial charge in [0.1, 0.15) is 41.5 Å². The Morgan fingerprint density at radius 3 is 1.70 bits per heavy atom. The van der Waals surface area contributed by atoms with E-state index in [0.29, 0.717) is 11.5 Å². The number of carboxylic acids is 2. The van der Waals surface area contributed by atoms with Gasteiger partial charge in [-0.2, -0.15) is 4.89 Å². The number of aromatic hydroxyl groups is 1. The summed E-state index contributed by atoms with van der Waals surface area (Å²) < 4.78 is 20.7. The molecule has 0 amide bonds. The van der Waals surface area contributed by atoms with Crippen LogP contribution in [0.25, 0.3) is 0 Å². The Morgan fingerprint density at radius 1 is 0.580 bits per heavy atom. The van der Waals surface area contributed by atoms with Gasteiger partial charge in [-0.25, -0.2) is 14.4 Å². The van der Waals surface area contributed by atoms with E-state index in [0.717, 1.165) is 6.07 Å². The van der Waals surface area contributed by atoms with Gasteiger partial charge in [-0.1, -0.05) is 42.8 Å². The van der Waals surface area contributed by atoms with Crippen molar-refractivity contribution in [2.24, 2.45) is 0 Å². The highest BCUT2D eigenvalue weighted by Gasteiger charge is 2.20. The van der Waals surface area contributed by atoms with E-state index in [2.05, 4.69) is 12.2 Å². The second-order valence-electron chi connectivity index (χ2n) is 9.62. The fourth-order valence-electron chi connectivity index (χ4n) is 3.93. The first-order valence-electron chi connectivity index (χ1n) is 14.3. The average Bonchev–Trinajstić information content (AvgIpc) is 3.12. The first-order chi connectivity index (χ1) is 24.2. The number of phenolic OH excluding ortho intramolecular Hbond substituents is 1. The molecule has 0 radical (unpaired) electrons. The number of hydrogen-bond donors (Lipinski definition) is 3. The standard InChI is InChI=1S/C32H20O11.C6H6O/c1-2-38-26-13-15-28(31(35)36)29(19-26)32(37)42-23-8-10-24(11-9-23)43-41-20-21-18-25(12-14-27(21)30(33)34)40-17-16-39-22-6-4-3-5-7-22;7-6-4-2-1-3-5-6/h1,3-15,18-19H,20H2,(H,33,34)(H,35,36);1-5,7H. The van der Waals surface area contributed by atoms with Crippen LogP contribution in [-0.2, 0) is 11.5 Å². The summed E-state index contributed by atoms with van der Waals surface area (Å²) in [5.41, 5.74) is -0.361. The van der Waals surface area contributed by atoms with Crippen LogP contribution in [0.4, 0.5) is 0 Å². The SMILES string of the molecule is C#COc1ccc(C(=O)O)c(C(=O)Oc2ccc(OOCc3cc(OC#COc4ccccc4)ccc3C(=O)O)cc2)c1.Oc1ccccc1. The molecular weight excluding hydrogens is 648 g/mol. The lowest BCUT2D eigenvalue weighted by Crippen LogP contribution is -2.14. The van der Waals surface area contributed by atoms with Crippen molar-refractivity contribution in [3.05, 3.63) is 144 Å². The van der Waals surface area contributed by atoms with E-state index in [1.807, 2.05) is 18.2 Å². The first-order valence-corrected chi connectivity index (χ1v) is 14.3. The summed E-state index contributed by atoms with van der Waals surface area (Å²) in [5.74, 6) is -2.01. The molecule has 5 aromatic rings. The van der Waals surface area contributed by atoms with Gasteiger partial charge >= 0.3 is 17.9 Å². The maximum absolute atomic E-state index is 12.6. The van der Waals surface area contributed by atoms with Crippen molar-refractivity contribution < 1.29 is 58.4 Å². The summed E-state index contributed by atoms with van der Waals surface area (Å²) in [7, 11) is 0. The molecule has 0 aliphatic heterocycles. The zero-order valence-electron chi connectivity index (χ0n) is 25.8. The van der Waals surface area contributed by atoms with Crippen LogP contribution < -0.4 is 23.8 Å². The predicted molar refractivity (Wildman–Crippen MR) is 177 cm³/mol. The molecule has 12 nitrogen and oxygen atoms in total. The van der Waals surface area contributed by atoms with Gasteiger partial charge in [-0.05, 0) is 84.9 Å². The molecule has 0 aliphatic rings. The molecule has 12 heteroatoms. The molecule has 0 saturated carbocycles. The normalized spacial score (nSPS) is 9.66. The number of carbonyl (C=O) groups excluding carboxylic acids is 1. The lowest BCUT2D eigenvalue weighted by molar-refractivity contribution is -0.217. The lowest BCUT2D eigenvalue weighted by Gasteiger charge is -2.10. The number of aromatic carboxylic acids is 2. The molecule has 0 aliphatic carbocycles. The molecule has 250 valence electrons. The van der Waals surface area contributed by atoms with Crippen LogP contribution in [0.3, 0.4) is 0 Å². The highest BCUT2D eigenvalue weighted by molar-refractivity contribution is 6.03. The average molecular weight is 675 g/mol. The van der Waals surface area contributed by atoms with Gasteiger partial charge < -0.3 is 39.2 Å². The molecule has 0 bridgehead atoms. The third-order valence-corrected chi connectivity index (χ3v) is 6.21. The number of esters is 1. The van der Waals surface area contributed by atoms with Crippen molar-refractivity contribution in [3.8, 4) is 59.2 Å². The van der Waals surface area contributed by atoms with Crippen molar-refractivity contribution in [1.82, 2.24) is 0 Å². The maximum Gasteiger partial charge on any atom is 0.344 e. The maximum atomic E-state index is 12.6. The smallest absolute Gasteiger partial charge is 0.344 e. The third-order valence-electron chi connectivity index (χ3n) is 6.21. The number of para-hydroxylation sites is 2. The molecular formula is C38H26O12. The Hall–Kier alpha value is -7.41. The Labute approximate surface area is 285 Å². The van der Waals surface area contributed by atoms with Crippen LogP contribution in [-0.4, -0.2) is 33.2 Å². The topological polar surface area (TPSA) is 167 Å². The van der Waals surface area contributed by atoms with Crippen LogP contribution >= 0.6 is 0 Å². The minimum Gasteiger partial charge on any atom is -0.508 e. The lowest BCUT2D eigenvalue weighted by atomic mass is 10.1. The van der Waals surface area contributed by atoms with Crippen molar-refractivity contribution in [2.75, 3.05) is 0 Å². The Kier molecular flexibility index (Phi) is 12.8. The van der Waals surface area contributed by atoms with E-state index < -0.39 is 17.9 Å². The summed E-state index contributed by atoms with van der Waals surface area (Å²) in [6.07, 6.45) is 11.8. The van der Waals surface area contributed by atoms with Crippen molar-refractivity contribution in [2.45, 2.75) is 6.61 Å². The third kappa shape index (κ3) is 10.8. The van der Waals surface area contributed by atoms with Crippen molar-refractivity contribution >= 4 is 17.9 Å². The van der Waals surface area contributed by atoms with Crippen LogP contribution in [0.2, 0.25) is 0 Å². The predicted octanol–water partition coefficient (Wildman–Crippen LogP) is 6.55. The molecule has 0 aromatic heterocycles. The first kappa shape index (κ1) is 35.4. The number of rotatable bonds is 11. The van der Waals surface area contributed by atoms with Gasteiger partial charge in [0.05, 0.1) is 16.7 Å². The van der Waals surface area contributed by atoms with E-state index in [1.165, 1.54) is 54.6 Å². The number of ether oxygens (including phenoxy) is 4. The second-order valence-corrected chi connectivity index (χ2v) is 9.62. The van der Waals surface area contributed by atoms with Gasteiger partial charge in [0.2, 0.25) is 0 Å². The van der Waals surface area contributed by atoms with Crippen LogP contribution in [0.1, 0.15) is 36.6 Å². The molecule has 3 N–H and O–H groups in total. The minimum absolute atomic E-state index is 0.0378. The van der Waals surface area contributed by atoms with Crippen LogP contribution in [0.5, 0.6) is 34.5 Å². The number of hydrogen-bond acceptors (Lipinski definition) is 10. The van der Waals surface area contributed by atoms with Crippen LogP contribution in [0, 0.1) is 24.7 Å². The Balaban J connectivity index is 0.000000714. The van der Waals surface area contributed by atoms with Crippen molar-refractivity contribution in [1.29, 1.82) is 0 Å². The van der Waals surface area contributed by atoms with E-state index in [1.54, 1.807) is 48.5 Å². The van der Waals surface area contributed by atoms with E-state index >= 15 is 0 Å². The molecule has 0 heterocycles. The minimum atomic E-state index is -1.34. The second kappa shape index (κ2) is 18.1. The number of benzene rings is 5. The van der Waals surface area contributed by atoms with Gasteiger partial charge in [0.25, 0.3) is 0 Å². The van der Waals surface area contributed by atoms with Crippen molar-refractivity contribution in [3.63, 3.8) is 0 Å².